The molecule has 0 aromatic carbocycles. The van der Waals surface area contributed by atoms with E-state index in [-0.39, 0.29) is 12.4 Å². The summed E-state index contributed by atoms with van der Waals surface area (Å²) in [5.41, 5.74) is 0.872. The molecule has 1 aromatic heterocycles. The molecule has 0 aliphatic heterocycles. The Kier molecular flexibility index (Phi) is 14.0. The third-order valence-electron chi connectivity index (χ3n) is 3.51. The number of aromatic nitrogens is 1. The van der Waals surface area contributed by atoms with Gasteiger partial charge in [-0.25, -0.2) is 0 Å². The Morgan fingerprint density at radius 2 is 1.64 bits per heavy atom. The monoisotopic (exact) mass is 328 g/mol. The predicted octanol–water partition coefficient (Wildman–Crippen LogP) is 0.901. The number of ether oxygens (including phenoxy) is 1. The normalized spacial score (nSPS) is 10.8. The number of unbranched alkanes of at least 4 members (excludes halogenated alkanes) is 7. The predicted molar refractivity (Wildman–Crippen MR) is 84.6 cm³/mol. The molecule has 5 heteroatoms. The van der Waals surface area contributed by atoms with Crippen molar-refractivity contribution in [3.05, 3.63) is 30.1 Å². The maximum atomic E-state index is 8.43. The number of hydrogen-bond acceptors (Lipinski definition) is 3. The van der Waals surface area contributed by atoms with Crippen molar-refractivity contribution >= 4 is 6.21 Å². The molecule has 0 unspecified atom stereocenters. The van der Waals surface area contributed by atoms with Crippen molar-refractivity contribution in [2.24, 2.45) is 5.16 Å². The summed E-state index contributed by atoms with van der Waals surface area (Å²) < 4.78 is 7.62. The molecule has 1 rings (SSSR count). The fourth-order valence-electron chi connectivity index (χ4n) is 2.22. The van der Waals surface area contributed by atoms with Gasteiger partial charge in [0, 0.05) is 17.7 Å². The molecule has 0 amide bonds. The van der Waals surface area contributed by atoms with E-state index in [4.69, 9.17) is 9.94 Å². The van der Waals surface area contributed by atoms with Crippen LogP contribution in [0.15, 0.2) is 29.7 Å². The molecule has 0 bridgehead atoms. The molecule has 0 aliphatic rings. The van der Waals surface area contributed by atoms with E-state index in [9.17, 15) is 0 Å². The van der Waals surface area contributed by atoms with Gasteiger partial charge in [-0.05, 0) is 6.42 Å². The highest BCUT2D eigenvalue weighted by Gasteiger charge is 2.00. The first kappa shape index (κ1) is 20.9. The molecular formula is C17H29ClN2O2. The van der Waals surface area contributed by atoms with Gasteiger partial charge in [-0.1, -0.05) is 57.0 Å². The zero-order chi connectivity index (χ0) is 15.2. The van der Waals surface area contributed by atoms with Crippen molar-refractivity contribution in [2.75, 3.05) is 6.61 Å². The lowest BCUT2D eigenvalue weighted by Crippen LogP contribution is -3.00. The maximum absolute atomic E-state index is 8.43. The van der Waals surface area contributed by atoms with E-state index in [1.54, 1.807) is 0 Å². The molecule has 1 heterocycles. The van der Waals surface area contributed by atoms with E-state index >= 15 is 0 Å². The molecule has 0 aliphatic carbocycles. The first-order chi connectivity index (χ1) is 10.4. The highest BCUT2D eigenvalue weighted by atomic mass is 35.5. The molecule has 0 saturated heterocycles. The van der Waals surface area contributed by atoms with Crippen LogP contribution in [0.2, 0.25) is 0 Å². The minimum Gasteiger partial charge on any atom is -1.00 e. The van der Waals surface area contributed by atoms with Crippen molar-refractivity contribution < 1.29 is 26.9 Å². The minimum absolute atomic E-state index is 0. The largest absolute Gasteiger partial charge is 1.00 e. The Hall–Kier alpha value is -1.13. The van der Waals surface area contributed by atoms with Gasteiger partial charge in [0.05, 0.1) is 12.8 Å². The molecule has 0 radical (unpaired) electrons. The SMILES string of the molecule is CCCCCCCCCCOC[n+]1ccc(/C=N/O)cc1.[Cl-]. The number of rotatable bonds is 12. The average Bonchev–Trinajstić information content (AvgIpc) is 2.51. The average molecular weight is 329 g/mol. The van der Waals surface area contributed by atoms with Crippen LogP contribution in [-0.4, -0.2) is 18.0 Å². The smallest absolute Gasteiger partial charge is 0.252 e. The van der Waals surface area contributed by atoms with Gasteiger partial charge in [-0.15, -0.1) is 0 Å². The summed E-state index contributed by atoms with van der Waals surface area (Å²) in [6.45, 7) is 3.65. The second-order valence-electron chi connectivity index (χ2n) is 5.40. The van der Waals surface area contributed by atoms with Gasteiger partial charge >= 0.3 is 0 Å². The molecule has 0 atom stereocenters. The van der Waals surface area contributed by atoms with Crippen LogP contribution in [0.3, 0.4) is 0 Å². The summed E-state index contributed by atoms with van der Waals surface area (Å²) in [6, 6.07) is 3.78. The summed E-state index contributed by atoms with van der Waals surface area (Å²) in [5.74, 6) is 0. The van der Waals surface area contributed by atoms with Crippen molar-refractivity contribution in [1.29, 1.82) is 0 Å². The zero-order valence-corrected chi connectivity index (χ0v) is 14.3. The first-order valence-corrected chi connectivity index (χ1v) is 8.11. The molecule has 4 nitrogen and oxygen atoms in total. The van der Waals surface area contributed by atoms with Crippen LogP contribution in [0, 0.1) is 0 Å². The van der Waals surface area contributed by atoms with Crippen LogP contribution in [0.1, 0.15) is 63.9 Å². The van der Waals surface area contributed by atoms with Crippen LogP contribution in [0.25, 0.3) is 0 Å². The van der Waals surface area contributed by atoms with Crippen molar-refractivity contribution in [2.45, 2.75) is 65.0 Å². The van der Waals surface area contributed by atoms with Crippen molar-refractivity contribution in [3.63, 3.8) is 0 Å². The fourth-order valence-corrected chi connectivity index (χ4v) is 2.22. The van der Waals surface area contributed by atoms with E-state index in [0.717, 1.165) is 18.6 Å². The van der Waals surface area contributed by atoms with Gasteiger partial charge in [0.2, 0.25) is 0 Å². The number of halogens is 1. The van der Waals surface area contributed by atoms with Gasteiger partial charge in [-0.2, -0.15) is 4.57 Å². The van der Waals surface area contributed by atoms with Crippen molar-refractivity contribution in [3.8, 4) is 0 Å². The Balaban J connectivity index is 0.00000441. The third kappa shape index (κ3) is 10.6. The Morgan fingerprint density at radius 3 is 2.23 bits per heavy atom. The topological polar surface area (TPSA) is 45.7 Å². The lowest BCUT2D eigenvalue weighted by atomic mass is 10.1. The summed E-state index contributed by atoms with van der Waals surface area (Å²) in [4.78, 5) is 0. The summed E-state index contributed by atoms with van der Waals surface area (Å²) in [6.07, 6.45) is 15.8. The summed E-state index contributed by atoms with van der Waals surface area (Å²) in [5, 5.41) is 11.4. The molecule has 0 fully saturated rings. The second kappa shape index (κ2) is 14.8. The van der Waals surface area contributed by atoms with Gasteiger partial charge in [-0.3, -0.25) is 0 Å². The van der Waals surface area contributed by atoms with E-state index in [1.807, 2.05) is 29.1 Å². The van der Waals surface area contributed by atoms with Crippen LogP contribution >= 0.6 is 0 Å². The maximum Gasteiger partial charge on any atom is 0.252 e. The number of oxime groups is 1. The number of nitrogens with zero attached hydrogens (tertiary/aromatic N) is 2. The van der Waals surface area contributed by atoms with E-state index < -0.39 is 0 Å². The Morgan fingerprint density at radius 1 is 1.05 bits per heavy atom. The molecule has 0 saturated carbocycles. The highest BCUT2D eigenvalue weighted by molar-refractivity contribution is 5.78. The minimum atomic E-state index is 0. The molecule has 1 N–H and O–H groups in total. The number of hydrogen-bond donors (Lipinski definition) is 1. The zero-order valence-electron chi connectivity index (χ0n) is 13.6. The van der Waals surface area contributed by atoms with Crippen molar-refractivity contribution in [1.82, 2.24) is 0 Å². The van der Waals surface area contributed by atoms with E-state index in [1.165, 1.54) is 51.2 Å². The number of pyridine rings is 1. The van der Waals surface area contributed by atoms with Gasteiger partial charge < -0.3 is 22.4 Å². The highest BCUT2D eigenvalue weighted by Crippen LogP contribution is 2.08. The Bertz CT molecular complexity index is 383. The third-order valence-corrected chi connectivity index (χ3v) is 3.51. The molecule has 1 aromatic rings. The lowest BCUT2D eigenvalue weighted by Gasteiger charge is -2.02. The summed E-state index contributed by atoms with van der Waals surface area (Å²) >= 11 is 0. The van der Waals surface area contributed by atoms with Gasteiger partial charge in [0.25, 0.3) is 6.73 Å². The molecule has 126 valence electrons. The van der Waals surface area contributed by atoms with Gasteiger partial charge in [0.15, 0.2) is 12.4 Å². The van der Waals surface area contributed by atoms with Crippen LogP contribution in [-0.2, 0) is 11.5 Å². The fraction of sp³-hybridized carbons (Fsp3) is 0.647. The van der Waals surface area contributed by atoms with E-state index in [0.29, 0.717) is 6.73 Å². The van der Waals surface area contributed by atoms with Crippen LogP contribution < -0.4 is 17.0 Å². The molecule has 22 heavy (non-hydrogen) atoms. The Labute approximate surface area is 140 Å². The first-order valence-electron chi connectivity index (χ1n) is 8.11. The van der Waals surface area contributed by atoms with Gasteiger partial charge in [0.1, 0.15) is 0 Å². The quantitative estimate of drug-likeness (QED) is 0.204. The van der Waals surface area contributed by atoms with Crippen LogP contribution in [0.5, 0.6) is 0 Å². The lowest BCUT2D eigenvalue weighted by molar-refractivity contribution is -0.732. The standard InChI is InChI=1S/C17H28N2O2.ClH/c1-2-3-4-5-6-7-8-9-14-21-16-19-12-10-17(11-13-19)15-18-20;/h10-13,15H,2-9,14,16H2,1H3;1H. The van der Waals surface area contributed by atoms with E-state index in [2.05, 4.69) is 12.1 Å². The van der Waals surface area contributed by atoms with Crippen LogP contribution in [0.4, 0.5) is 0 Å². The second-order valence-corrected chi connectivity index (χ2v) is 5.40. The molecular weight excluding hydrogens is 300 g/mol. The summed E-state index contributed by atoms with van der Waals surface area (Å²) in [7, 11) is 0. The molecule has 0 spiro atoms.